The van der Waals surface area contributed by atoms with Crippen molar-refractivity contribution in [3.05, 3.63) is 57.0 Å². The number of halogens is 3. The van der Waals surface area contributed by atoms with Crippen molar-refractivity contribution in [3.63, 3.8) is 0 Å². The summed E-state index contributed by atoms with van der Waals surface area (Å²) < 4.78 is 0. The molecular weight excluding hydrogens is 263 g/mol. The third-order valence-corrected chi connectivity index (χ3v) is 3.50. The molecule has 2 rings (SSSR count). The Morgan fingerprint density at radius 1 is 0.875 bits per heavy atom. The fourth-order valence-corrected chi connectivity index (χ4v) is 2.17. The van der Waals surface area contributed by atoms with Crippen LogP contribution >= 0.6 is 34.8 Å². The monoisotopic (exact) mass is 270 g/mol. The minimum Gasteiger partial charge on any atom is -0.0843 e. The van der Waals surface area contributed by atoms with E-state index in [1.165, 1.54) is 0 Å². The van der Waals surface area contributed by atoms with E-state index in [2.05, 4.69) is 0 Å². The summed E-state index contributed by atoms with van der Waals surface area (Å²) >= 11 is 18.2. The summed E-state index contributed by atoms with van der Waals surface area (Å²) in [7, 11) is 0. The first-order valence-electron chi connectivity index (χ1n) is 4.80. The first-order chi connectivity index (χ1) is 7.59. The van der Waals surface area contributed by atoms with E-state index < -0.39 is 0 Å². The minimum atomic E-state index is 0.554. The van der Waals surface area contributed by atoms with E-state index in [4.69, 9.17) is 34.8 Å². The summed E-state index contributed by atoms with van der Waals surface area (Å²) in [6, 6.07) is 11.3. The van der Waals surface area contributed by atoms with Gasteiger partial charge < -0.3 is 0 Å². The number of hydrogen-bond donors (Lipinski definition) is 0. The molecule has 2 aromatic carbocycles. The van der Waals surface area contributed by atoms with E-state index >= 15 is 0 Å². The molecule has 16 heavy (non-hydrogen) atoms. The van der Waals surface area contributed by atoms with Crippen molar-refractivity contribution in [2.45, 2.75) is 6.92 Å². The van der Waals surface area contributed by atoms with Crippen LogP contribution in [-0.4, -0.2) is 0 Å². The molecule has 0 amide bonds. The van der Waals surface area contributed by atoms with Crippen LogP contribution < -0.4 is 0 Å². The number of aryl methyl sites for hydroxylation is 1. The molecular formula is C13H9Cl3. The lowest BCUT2D eigenvalue weighted by atomic mass is 10.0. The van der Waals surface area contributed by atoms with Gasteiger partial charge in [0.1, 0.15) is 0 Å². The largest absolute Gasteiger partial charge is 0.0843 e. The van der Waals surface area contributed by atoms with Gasteiger partial charge in [0.25, 0.3) is 0 Å². The van der Waals surface area contributed by atoms with Crippen molar-refractivity contribution in [2.24, 2.45) is 0 Å². The molecule has 0 aliphatic heterocycles. The molecule has 0 fully saturated rings. The summed E-state index contributed by atoms with van der Waals surface area (Å²) in [5.74, 6) is 0. The Morgan fingerprint density at radius 2 is 1.62 bits per heavy atom. The first kappa shape index (κ1) is 11.8. The second-order valence-corrected chi connectivity index (χ2v) is 4.78. The highest BCUT2D eigenvalue weighted by Crippen LogP contribution is 2.35. The summed E-state index contributed by atoms with van der Waals surface area (Å²) in [6.45, 7) is 2.02. The van der Waals surface area contributed by atoms with Crippen LogP contribution in [0.5, 0.6) is 0 Å². The predicted octanol–water partition coefficient (Wildman–Crippen LogP) is 5.62. The van der Waals surface area contributed by atoms with Crippen molar-refractivity contribution in [1.82, 2.24) is 0 Å². The van der Waals surface area contributed by atoms with Gasteiger partial charge in [-0.3, -0.25) is 0 Å². The van der Waals surface area contributed by atoms with E-state index in [1.807, 2.05) is 37.3 Å². The molecule has 2 aromatic rings. The summed E-state index contributed by atoms with van der Waals surface area (Å²) in [4.78, 5) is 0. The van der Waals surface area contributed by atoms with Crippen LogP contribution in [0.3, 0.4) is 0 Å². The molecule has 0 heterocycles. The van der Waals surface area contributed by atoms with Crippen molar-refractivity contribution >= 4 is 34.8 Å². The normalized spacial score (nSPS) is 10.5. The second kappa shape index (κ2) is 4.67. The molecule has 82 valence electrons. The summed E-state index contributed by atoms with van der Waals surface area (Å²) in [5.41, 5.74) is 3.04. The molecule has 0 spiro atoms. The van der Waals surface area contributed by atoms with E-state index in [9.17, 15) is 0 Å². The molecule has 0 unspecified atom stereocenters. The van der Waals surface area contributed by atoms with Crippen LogP contribution in [0.2, 0.25) is 15.1 Å². The Bertz CT molecular complexity index is 533. The van der Waals surface area contributed by atoms with Crippen molar-refractivity contribution in [3.8, 4) is 11.1 Å². The molecule has 0 N–H and O–H groups in total. The van der Waals surface area contributed by atoms with Gasteiger partial charge >= 0.3 is 0 Å². The third kappa shape index (κ3) is 2.20. The van der Waals surface area contributed by atoms with Gasteiger partial charge in [-0.05, 0) is 36.2 Å². The quantitative estimate of drug-likeness (QED) is 0.631. The topological polar surface area (TPSA) is 0 Å². The Morgan fingerprint density at radius 3 is 2.38 bits per heavy atom. The fraction of sp³-hybridized carbons (Fsp3) is 0.0769. The van der Waals surface area contributed by atoms with E-state index in [-0.39, 0.29) is 0 Å². The number of hydrogen-bond acceptors (Lipinski definition) is 0. The predicted molar refractivity (Wildman–Crippen MR) is 71.6 cm³/mol. The maximum Gasteiger partial charge on any atom is 0.0670 e. The highest BCUT2D eigenvalue weighted by molar-refractivity contribution is 6.43. The van der Waals surface area contributed by atoms with Crippen LogP contribution in [-0.2, 0) is 0 Å². The van der Waals surface area contributed by atoms with E-state index in [0.717, 1.165) is 16.7 Å². The lowest BCUT2D eigenvalue weighted by Gasteiger charge is -2.09. The molecule has 0 saturated heterocycles. The van der Waals surface area contributed by atoms with Gasteiger partial charge in [0.2, 0.25) is 0 Å². The maximum absolute atomic E-state index is 6.18. The molecule has 3 heteroatoms. The van der Waals surface area contributed by atoms with Crippen LogP contribution in [0, 0.1) is 6.92 Å². The zero-order valence-corrected chi connectivity index (χ0v) is 10.9. The van der Waals surface area contributed by atoms with E-state index in [0.29, 0.717) is 15.1 Å². The van der Waals surface area contributed by atoms with Gasteiger partial charge in [-0.15, -0.1) is 0 Å². The van der Waals surface area contributed by atoms with Gasteiger partial charge in [0, 0.05) is 10.6 Å². The Kier molecular flexibility index (Phi) is 3.44. The van der Waals surface area contributed by atoms with Crippen LogP contribution in [0.25, 0.3) is 11.1 Å². The first-order valence-corrected chi connectivity index (χ1v) is 5.93. The van der Waals surface area contributed by atoms with Crippen molar-refractivity contribution in [1.29, 1.82) is 0 Å². The lowest BCUT2D eigenvalue weighted by Crippen LogP contribution is -1.85. The highest BCUT2D eigenvalue weighted by atomic mass is 35.5. The zero-order valence-electron chi connectivity index (χ0n) is 8.60. The maximum atomic E-state index is 6.18. The summed E-state index contributed by atoms with van der Waals surface area (Å²) in [6.07, 6.45) is 0. The lowest BCUT2D eigenvalue weighted by molar-refractivity contribution is 1.46. The second-order valence-electron chi connectivity index (χ2n) is 3.56. The van der Waals surface area contributed by atoms with Crippen LogP contribution in [0.1, 0.15) is 5.56 Å². The van der Waals surface area contributed by atoms with Gasteiger partial charge in [0.05, 0.1) is 10.0 Å². The van der Waals surface area contributed by atoms with E-state index in [1.54, 1.807) is 6.07 Å². The van der Waals surface area contributed by atoms with Gasteiger partial charge in [-0.1, -0.05) is 53.0 Å². The molecule has 0 atom stereocenters. The Hall–Kier alpha value is -0.690. The molecule has 0 bridgehead atoms. The Balaban J connectivity index is 2.67. The highest BCUT2D eigenvalue weighted by Gasteiger charge is 2.09. The van der Waals surface area contributed by atoms with Gasteiger partial charge in [-0.2, -0.15) is 0 Å². The van der Waals surface area contributed by atoms with Crippen LogP contribution in [0.15, 0.2) is 36.4 Å². The molecule has 0 saturated carbocycles. The minimum absolute atomic E-state index is 0.554. The third-order valence-electron chi connectivity index (χ3n) is 2.44. The van der Waals surface area contributed by atoms with Crippen molar-refractivity contribution < 1.29 is 0 Å². The molecule has 0 aliphatic carbocycles. The average molecular weight is 272 g/mol. The average Bonchev–Trinajstić information content (AvgIpc) is 2.26. The fourth-order valence-electron chi connectivity index (χ4n) is 1.60. The SMILES string of the molecule is Cc1ccc(Cl)cc1-c1cccc(Cl)c1Cl. The standard InChI is InChI=1S/C13H9Cl3/c1-8-5-6-9(14)7-11(8)10-3-2-4-12(15)13(10)16/h2-7H,1H3. The van der Waals surface area contributed by atoms with Crippen molar-refractivity contribution in [2.75, 3.05) is 0 Å². The van der Waals surface area contributed by atoms with Gasteiger partial charge in [-0.25, -0.2) is 0 Å². The molecule has 0 aromatic heterocycles. The zero-order chi connectivity index (χ0) is 11.7. The van der Waals surface area contributed by atoms with Crippen LogP contribution in [0.4, 0.5) is 0 Å². The number of rotatable bonds is 1. The van der Waals surface area contributed by atoms with Gasteiger partial charge in [0.15, 0.2) is 0 Å². The Labute approximate surface area is 110 Å². The smallest absolute Gasteiger partial charge is 0.0670 e. The summed E-state index contributed by atoms with van der Waals surface area (Å²) in [5, 5.41) is 1.81. The molecule has 0 radical (unpaired) electrons. The molecule has 0 nitrogen and oxygen atoms in total. The number of benzene rings is 2. The molecule has 0 aliphatic rings.